The van der Waals surface area contributed by atoms with E-state index in [1.54, 1.807) is 0 Å². The van der Waals surface area contributed by atoms with Gasteiger partial charge in [0, 0.05) is 18.1 Å². The van der Waals surface area contributed by atoms with Gasteiger partial charge in [-0.3, -0.25) is 4.21 Å². The van der Waals surface area contributed by atoms with Gasteiger partial charge in [-0.05, 0) is 0 Å². The molecule has 1 aromatic rings. The van der Waals surface area contributed by atoms with Gasteiger partial charge in [0.1, 0.15) is 0 Å². The minimum absolute atomic E-state index is 0.221. The van der Waals surface area contributed by atoms with Crippen molar-refractivity contribution in [2.45, 2.75) is 11.4 Å². The van der Waals surface area contributed by atoms with Gasteiger partial charge in [0.25, 0.3) is 0 Å². The Labute approximate surface area is 87.5 Å². The molecule has 1 unspecified atom stereocenters. The Morgan fingerprint density at radius 3 is 2.00 bits per heavy atom. The van der Waals surface area contributed by atoms with Crippen LogP contribution in [0, 0.1) is 0 Å². The van der Waals surface area contributed by atoms with Crippen molar-refractivity contribution in [1.82, 2.24) is 15.0 Å². The Hall–Kier alpha value is -1.10. The van der Waals surface area contributed by atoms with Crippen LogP contribution >= 0.6 is 0 Å². The highest BCUT2D eigenvalue weighted by atomic mass is 32.2. The molecule has 1 atom stereocenters. The summed E-state index contributed by atoms with van der Waals surface area (Å²) < 4.78 is 82.6. The zero-order valence-electron chi connectivity index (χ0n) is 7.46. The maximum absolute atomic E-state index is 12.9. The molecule has 0 spiro atoms. The van der Waals surface area contributed by atoms with Crippen LogP contribution in [0.2, 0.25) is 0 Å². The molecule has 0 aliphatic heterocycles. The molecule has 0 aliphatic carbocycles. The minimum atomic E-state index is -5.20. The molecule has 5 nitrogen and oxygen atoms in total. The van der Waals surface area contributed by atoms with E-state index in [0.717, 1.165) is 7.05 Å². The molecule has 0 N–H and O–H groups in total. The Kier molecular flexibility index (Phi) is 3.02. The van der Waals surface area contributed by atoms with Gasteiger partial charge in [0.15, 0.2) is 11.4 Å². The van der Waals surface area contributed by atoms with Gasteiger partial charge < -0.3 is 4.55 Å². The second kappa shape index (κ2) is 3.73. The molecule has 0 saturated carbocycles. The number of halogens is 5. The molecule has 16 heavy (non-hydrogen) atoms. The van der Waals surface area contributed by atoms with E-state index in [2.05, 4.69) is 10.2 Å². The van der Waals surface area contributed by atoms with Crippen LogP contribution in [0.4, 0.5) is 22.0 Å². The third kappa shape index (κ3) is 2.19. The normalized spacial score (nSPS) is 15.2. The Balaban J connectivity index is 3.40. The highest BCUT2D eigenvalue weighted by Gasteiger charge is 2.48. The molecule has 1 aromatic heterocycles. The Morgan fingerprint density at radius 1 is 1.19 bits per heavy atom. The summed E-state index contributed by atoms with van der Waals surface area (Å²) in [6, 6.07) is 0. The first-order chi connectivity index (χ1) is 7.06. The largest absolute Gasteiger partial charge is 0.768 e. The van der Waals surface area contributed by atoms with Crippen molar-refractivity contribution in [3.8, 4) is 0 Å². The Morgan fingerprint density at radius 2 is 1.62 bits per heavy atom. The topological polar surface area (TPSA) is 70.8 Å². The lowest BCUT2D eigenvalue weighted by atomic mass is 10.3. The summed E-state index contributed by atoms with van der Waals surface area (Å²) in [5, 5.41) is 0.633. The summed E-state index contributed by atoms with van der Waals surface area (Å²) in [4.78, 5) is 0.221. The van der Waals surface area contributed by atoms with E-state index >= 15 is 0 Å². The molecular formula is C5H3F5N3O2S-. The smallest absolute Gasteiger partial charge is 0.437 e. The highest BCUT2D eigenvalue weighted by Crippen LogP contribution is 2.38. The summed E-state index contributed by atoms with van der Waals surface area (Å²) in [6.45, 7) is 0. The van der Waals surface area contributed by atoms with Gasteiger partial charge in [0.2, 0.25) is 0 Å². The predicted octanol–water partition coefficient (Wildman–Crippen LogP) is 0.762. The van der Waals surface area contributed by atoms with Crippen molar-refractivity contribution in [3.63, 3.8) is 0 Å². The number of hydrogen-bond acceptors (Lipinski definition) is 4. The first kappa shape index (κ1) is 13.0. The summed E-state index contributed by atoms with van der Waals surface area (Å²) in [5.74, 6) is 0. The number of hydrogen-bond donors (Lipinski definition) is 0. The lowest BCUT2D eigenvalue weighted by Gasteiger charge is -2.17. The standard InChI is InChI=1S/C5H4F5N3O2S/c1-13-11-2(4(6,7)8)3(12-13)5(9,10)16(14)15/h1H3,(H,14,15)/p-1. The molecular weight excluding hydrogens is 261 g/mol. The van der Waals surface area contributed by atoms with Gasteiger partial charge >= 0.3 is 11.4 Å². The van der Waals surface area contributed by atoms with Gasteiger partial charge in [-0.25, -0.2) is 0 Å². The van der Waals surface area contributed by atoms with E-state index < -0.39 is 33.9 Å². The van der Waals surface area contributed by atoms with E-state index in [9.17, 15) is 30.7 Å². The number of aromatic nitrogens is 3. The maximum Gasteiger partial charge on any atom is 0.437 e. The van der Waals surface area contributed by atoms with Crippen LogP contribution in [-0.2, 0) is 29.6 Å². The molecule has 1 heterocycles. The van der Waals surface area contributed by atoms with E-state index in [1.165, 1.54) is 0 Å². The quantitative estimate of drug-likeness (QED) is 0.584. The highest BCUT2D eigenvalue weighted by molar-refractivity contribution is 7.79. The lowest BCUT2D eigenvalue weighted by Crippen LogP contribution is -2.25. The van der Waals surface area contributed by atoms with E-state index in [1.807, 2.05) is 0 Å². The average Bonchev–Trinajstić information content (AvgIpc) is 2.46. The fourth-order valence-corrected chi connectivity index (χ4v) is 1.17. The SMILES string of the molecule is Cn1nc(C(F)(F)F)c(C(F)(F)S(=O)[O-])n1. The molecule has 0 radical (unpaired) electrons. The molecule has 0 saturated heterocycles. The average molecular weight is 264 g/mol. The fourth-order valence-electron chi connectivity index (χ4n) is 0.872. The van der Waals surface area contributed by atoms with Crippen LogP contribution in [0.1, 0.15) is 11.4 Å². The zero-order chi connectivity index (χ0) is 12.7. The van der Waals surface area contributed by atoms with Crippen LogP contribution in [0.25, 0.3) is 0 Å². The zero-order valence-corrected chi connectivity index (χ0v) is 8.27. The van der Waals surface area contributed by atoms with Crippen LogP contribution in [-0.4, -0.2) is 23.8 Å². The van der Waals surface area contributed by atoms with Gasteiger partial charge in [0.05, 0.1) is 0 Å². The number of nitrogens with zero attached hydrogens (tertiary/aromatic N) is 3. The molecule has 11 heteroatoms. The first-order valence-corrected chi connectivity index (χ1v) is 4.60. The van der Waals surface area contributed by atoms with Crippen molar-refractivity contribution >= 4 is 11.1 Å². The van der Waals surface area contributed by atoms with Crippen molar-refractivity contribution < 1.29 is 30.7 Å². The molecule has 92 valence electrons. The van der Waals surface area contributed by atoms with Crippen molar-refractivity contribution in [2.24, 2.45) is 7.05 Å². The van der Waals surface area contributed by atoms with Crippen LogP contribution < -0.4 is 0 Å². The lowest BCUT2D eigenvalue weighted by molar-refractivity contribution is -0.144. The van der Waals surface area contributed by atoms with Crippen LogP contribution in [0.5, 0.6) is 0 Å². The maximum atomic E-state index is 12.9. The summed E-state index contributed by atoms with van der Waals surface area (Å²) >= 11 is -4.06. The second-order valence-electron chi connectivity index (χ2n) is 2.64. The van der Waals surface area contributed by atoms with E-state index in [4.69, 9.17) is 0 Å². The molecule has 0 aromatic carbocycles. The monoisotopic (exact) mass is 264 g/mol. The summed E-state index contributed by atoms with van der Waals surface area (Å²) in [6.07, 6.45) is -5.20. The Bertz CT molecular complexity index is 428. The number of aryl methyl sites for hydroxylation is 1. The fraction of sp³-hybridized carbons (Fsp3) is 0.600. The number of rotatable bonds is 2. The van der Waals surface area contributed by atoms with Gasteiger partial charge in [-0.1, -0.05) is 0 Å². The van der Waals surface area contributed by atoms with Gasteiger partial charge in [-0.2, -0.15) is 31.8 Å². The summed E-state index contributed by atoms with van der Waals surface area (Å²) in [7, 11) is 0.864. The molecule has 0 fully saturated rings. The molecule has 1 rings (SSSR count). The van der Waals surface area contributed by atoms with Gasteiger partial charge in [-0.15, -0.1) is 5.10 Å². The molecule has 0 amide bonds. The van der Waals surface area contributed by atoms with E-state index in [0.29, 0.717) is 0 Å². The predicted molar refractivity (Wildman–Crippen MR) is 38.8 cm³/mol. The van der Waals surface area contributed by atoms with Crippen molar-refractivity contribution in [3.05, 3.63) is 11.4 Å². The molecule has 0 aliphatic rings. The van der Waals surface area contributed by atoms with Crippen molar-refractivity contribution in [2.75, 3.05) is 0 Å². The second-order valence-corrected chi connectivity index (χ2v) is 3.62. The van der Waals surface area contributed by atoms with Crippen molar-refractivity contribution in [1.29, 1.82) is 0 Å². The van der Waals surface area contributed by atoms with E-state index in [-0.39, 0.29) is 4.80 Å². The number of alkyl halides is 5. The third-order valence-electron chi connectivity index (χ3n) is 1.47. The van der Waals surface area contributed by atoms with Crippen LogP contribution in [0.15, 0.2) is 0 Å². The summed E-state index contributed by atoms with van der Waals surface area (Å²) in [5.41, 5.74) is -3.96. The third-order valence-corrected chi connectivity index (χ3v) is 2.08. The minimum Gasteiger partial charge on any atom is -0.768 e. The molecule has 0 bridgehead atoms. The first-order valence-electron chi connectivity index (χ1n) is 3.53. The van der Waals surface area contributed by atoms with Crippen LogP contribution in [0.3, 0.4) is 0 Å².